The maximum absolute atomic E-state index is 11.7. The first-order chi connectivity index (χ1) is 9.02. The molecule has 0 unspecified atom stereocenters. The SMILES string of the molecule is COc1ccc(CNC(=O)[C@@H]2C[C@H]2C(=O)O)cc1Br. The molecule has 1 aliphatic rings. The van der Waals surface area contributed by atoms with Gasteiger partial charge in [0, 0.05) is 6.54 Å². The number of hydrogen-bond donors (Lipinski definition) is 2. The van der Waals surface area contributed by atoms with Gasteiger partial charge in [0.15, 0.2) is 0 Å². The lowest BCUT2D eigenvalue weighted by molar-refractivity contribution is -0.140. The van der Waals surface area contributed by atoms with E-state index < -0.39 is 11.9 Å². The van der Waals surface area contributed by atoms with Gasteiger partial charge in [0.1, 0.15) is 5.75 Å². The first-order valence-corrected chi connectivity index (χ1v) is 6.65. The minimum absolute atomic E-state index is 0.195. The molecule has 2 N–H and O–H groups in total. The molecule has 0 saturated heterocycles. The van der Waals surface area contributed by atoms with E-state index in [-0.39, 0.29) is 11.8 Å². The molecule has 0 radical (unpaired) electrons. The van der Waals surface area contributed by atoms with Crippen LogP contribution in [0.25, 0.3) is 0 Å². The van der Waals surface area contributed by atoms with E-state index in [9.17, 15) is 9.59 Å². The number of halogens is 1. The van der Waals surface area contributed by atoms with Crippen molar-refractivity contribution in [3.63, 3.8) is 0 Å². The quantitative estimate of drug-likeness (QED) is 0.864. The Morgan fingerprint density at radius 1 is 1.47 bits per heavy atom. The van der Waals surface area contributed by atoms with Crippen LogP contribution in [0.2, 0.25) is 0 Å². The summed E-state index contributed by atoms with van der Waals surface area (Å²) in [6, 6.07) is 5.52. The van der Waals surface area contributed by atoms with Crippen molar-refractivity contribution < 1.29 is 19.4 Å². The molecule has 0 bridgehead atoms. The first kappa shape index (κ1) is 13.9. The number of carbonyl (C=O) groups excluding carboxylic acids is 1. The van der Waals surface area contributed by atoms with Gasteiger partial charge in [-0.25, -0.2) is 0 Å². The Kier molecular flexibility index (Phi) is 4.09. The molecule has 6 heteroatoms. The Morgan fingerprint density at radius 3 is 2.74 bits per heavy atom. The van der Waals surface area contributed by atoms with Crippen molar-refractivity contribution in [1.82, 2.24) is 5.32 Å². The zero-order valence-electron chi connectivity index (χ0n) is 10.4. The monoisotopic (exact) mass is 327 g/mol. The summed E-state index contributed by atoms with van der Waals surface area (Å²) < 4.78 is 5.93. The fourth-order valence-electron chi connectivity index (χ4n) is 1.90. The molecule has 1 saturated carbocycles. The number of methoxy groups -OCH3 is 1. The van der Waals surface area contributed by atoms with Gasteiger partial charge in [0.25, 0.3) is 0 Å². The number of ether oxygens (including phenoxy) is 1. The van der Waals surface area contributed by atoms with E-state index in [1.807, 2.05) is 18.2 Å². The Morgan fingerprint density at radius 2 is 2.21 bits per heavy atom. The molecule has 1 amide bonds. The van der Waals surface area contributed by atoms with E-state index in [2.05, 4.69) is 21.2 Å². The second-order valence-corrected chi connectivity index (χ2v) is 5.33. The molecule has 1 aliphatic carbocycles. The van der Waals surface area contributed by atoms with Gasteiger partial charge >= 0.3 is 5.97 Å². The number of nitrogens with one attached hydrogen (secondary N) is 1. The van der Waals surface area contributed by atoms with Gasteiger partial charge in [-0.2, -0.15) is 0 Å². The van der Waals surface area contributed by atoms with Crippen LogP contribution in [-0.4, -0.2) is 24.1 Å². The van der Waals surface area contributed by atoms with E-state index in [0.29, 0.717) is 13.0 Å². The van der Waals surface area contributed by atoms with E-state index in [1.165, 1.54) is 0 Å². The number of carboxylic acid groups (broad SMARTS) is 1. The largest absolute Gasteiger partial charge is 0.496 e. The Balaban J connectivity index is 1.87. The lowest BCUT2D eigenvalue weighted by Gasteiger charge is -2.07. The van der Waals surface area contributed by atoms with Crippen molar-refractivity contribution >= 4 is 27.8 Å². The molecule has 102 valence electrons. The summed E-state index contributed by atoms with van der Waals surface area (Å²) in [5, 5.41) is 11.5. The predicted molar refractivity (Wildman–Crippen MR) is 71.8 cm³/mol. The zero-order valence-corrected chi connectivity index (χ0v) is 11.9. The van der Waals surface area contributed by atoms with Gasteiger partial charge in [0.05, 0.1) is 23.4 Å². The Bertz CT molecular complexity index is 517. The van der Waals surface area contributed by atoms with Gasteiger partial charge in [-0.15, -0.1) is 0 Å². The molecule has 0 aliphatic heterocycles. The Labute approximate surface area is 119 Å². The summed E-state index contributed by atoms with van der Waals surface area (Å²) in [6.07, 6.45) is 0.438. The van der Waals surface area contributed by atoms with Gasteiger partial charge in [-0.1, -0.05) is 6.07 Å². The minimum atomic E-state index is -0.896. The molecule has 5 nitrogen and oxygen atoms in total. The number of aliphatic carboxylic acids is 1. The summed E-state index contributed by atoms with van der Waals surface area (Å²) >= 11 is 3.37. The highest BCUT2D eigenvalue weighted by atomic mass is 79.9. The number of carbonyl (C=O) groups is 2. The molecule has 0 aromatic heterocycles. The Hall–Kier alpha value is -1.56. The molecule has 2 rings (SSSR count). The van der Waals surface area contributed by atoms with Crippen LogP contribution in [0.15, 0.2) is 22.7 Å². The fraction of sp³-hybridized carbons (Fsp3) is 0.385. The fourth-order valence-corrected chi connectivity index (χ4v) is 2.49. The van der Waals surface area contributed by atoms with Gasteiger partial charge in [-0.3, -0.25) is 9.59 Å². The average molecular weight is 328 g/mol. The standard InChI is InChI=1S/C13H14BrNO4/c1-19-11-3-2-7(4-10(11)14)6-15-12(16)8-5-9(8)13(17)18/h2-4,8-9H,5-6H2,1H3,(H,15,16)(H,17,18)/t8-,9-/m1/s1. The smallest absolute Gasteiger partial charge is 0.307 e. The van der Waals surface area contributed by atoms with E-state index in [4.69, 9.17) is 9.84 Å². The van der Waals surface area contributed by atoms with Crippen LogP contribution in [0.1, 0.15) is 12.0 Å². The summed E-state index contributed by atoms with van der Waals surface area (Å²) in [5.41, 5.74) is 0.925. The lowest BCUT2D eigenvalue weighted by Crippen LogP contribution is -2.25. The summed E-state index contributed by atoms with van der Waals surface area (Å²) in [7, 11) is 1.58. The van der Waals surface area contributed by atoms with Crippen molar-refractivity contribution in [2.24, 2.45) is 11.8 Å². The predicted octanol–water partition coefficient (Wildman–Crippen LogP) is 1.79. The molecule has 0 heterocycles. The molecule has 0 spiro atoms. The number of hydrogen-bond acceptors (Lipinski definition) is 3. The van der Waals surface area contributed by atoms with E-state index in [1.54, 1.807) is 7.11 Å². The van der Waals surface area contributed by atoms with Crippen LogP contribution in [0.4, 0.5) is 0 Å². The maximum atomic E-state index is 11.7. The molecular weight excluding hydrogens is 314 g/mol. The summed E-state index contributed by atoms with van der Waals surface area (Å²) in [5.74, 6) is -1.25. The van der Waals surface area contributed by atoms with Crippen molar-refractivity contribution in [2.75, 3.05) is 7.11 Å². The number of rotatable bonds is 5. The van der Waals surface area contributed by atoms with E-state index in [0.717, 1.165) is 15.8 Å². The van der Waals surface area contributed by atoms with Crippen LogP contribution in [0, 0.1) is 11.8 Å². The highest BCUT2D eigenvalue weighted by Crippen LogP contribution is 2.38. The van der Waals surface area contributed by atoms with Crippen LogP contribution in [0.3, 0.4) is 0 Å². The van der Waals surface area contributed by atoms with Crippen molar-refractivity contribution in [1.29, 1.82) is 0 Å². The molecule has 2 atom stereocenters. The summed E-state index contributed by atoms with van der Waals surface area (Å²) in [6.45, 7) is 0.379. The maximum Gasteiger partial charge on any atom is 0.307 e. The van der Waals surface area contributed by atoms with Crippen molar-refractivity contribution in [3.8, 4) is 5.75 Å². The van der Waals surface area contributed by atoms with Crippen LogP contribution < -0.4 is 10.1 Å². The third-order valence-corrected chi connectivity index (χ3v) is 3.75. The molecule has 19 heavy (non-hydrogen) atoms. The van der Waals surface area contributed by atoms with Crippen LogP contribution in [-0.2, 0) is 16.1 Å². The molecule has 1 fully saturated rings. The highest BCUT2D eigenvalue weighted by molar-refractivity contribution is 9.10. The molecule has 1 aromatic rings. The van der Waals surface area contributed by atoms with E-state index >= 15 is 0 Å². The number of benzene rings is 1. The topological polar surface area (TPSA) is 75.6 Å². The van der Waals surface area contributed by atoms with Crippen molar-refractivity contribution in [3.05, 3.63) is 28.2 Å². The van der Waals surface area contributed by atoms with Crippen LogP contribution >= 0.6 is 15.9 Å². The summed E-state index contributed by atoms with van der Waals surface area (Å²) in [4.78, 5) is 22.4. The van der Waals surface area contributed by atoms with Gasteiger partial charge in [0.2, 0.25) is 5.91 Å². The van der Waals surface area contributed by atoms with Gasteiger partial charge in [-0.05, 0) is 40.0 Å². The zero-order chi connectivity index (χ0) is 14.0. The average Bonchev–Trinajstić information content (AvgIpc) is 3.16. The lowest BCUT2D eigenvalue weighted by atomic mass is 10.2. The second kappa shape index (κ2) is 5.61. The molecular formula is C13H14BrNO4. The number of amides is 1. The number of carboxylic acids is 1. The van der Waals surface area contributed by atoms with Gasteiger partial charge < -0.3 is 15.2 Å². The van der Waals surface area contributed by atoms with Crippen LogP contribution in [0.5, 0.6) is 5.75 Å². The third kappa shape index (κ3) is 3.26. The highest BCUT2D eigenvalue weighted by Gasteiger charge is 2.48. The normalized spacial score (nSPS) is 20.7. The first-order valence-electron chi connectivity index (χ1n) is 5.86. The minimum Gasteiger partial charge on any atom is -0.496 e. The second-order valence-electron chi connectivity index (χ2n) is 4.47. The van der Waals surface area contributed by atoms with Crippen molar-refractivity contribution in [2.45, 2.75) is 13.0 Å². The third-order valence-electron chi connectivity index (χ3n) is 3.13. The molecule has 1 aromatic carbocycles.